The highest BCUT2D eigenvalue weighted by molar-refractivity contribution is 5.86. The highest BCUT2D eigenvalue weighted by Crippen LogP contribution is 2.43. The smallest absolute Gasteiger partial charge is 0.184 e. The first-order valence-corrected chi connectivity index (χ1v) is 6.55. The predicted molar refractivity (Wildman–Crippen MR) is 67.0 cm³/mol. The van der Waals surface area contributed by atoms with Gasteiger partial charge in [0.25, 0.3) is 0 Å². The average molecular weight is 246 g/mol. The third-order valence-electron chi connectivity index (χ3n) is 4.11. The third-order valence-corrected chi connectivity index (χ3v) is 4.11. The van der Waals surface area contributed by atoms with Crippen LogP contribution in [0.25, 0.3) is 0 Å². The van der Waals surface area contributed by atoms with E-state index in [2.05, 4.69) is 0 Å². The van der Waals surface area contributed by atoms with E-state index in [4.69, 9.17) is 9.47 Å². The molecule has 1 aliphatic heterocycles. The number of benzene rings is 1. The molecule has 3 nitrogen and oxygen atoms in total. The minimum atomic E-state index is -0.441. The summed E-state index contributed by atoms with van der Waals surface area (Å²) in [5, 5.41) is 0. The van der Waals surface area contributed by atoms with Crippen molar-refractivity contribution in [1.29, 1.82) is 0 Å². The minimum absolute atomic E-state index is 0.00212. The molecule has 1 aliphatic carbocycles. The van der Waals surface area contributed by atoms with Crippen LogP contribution in [0.15, 0.2) is 30.3 Å². The molecule has 2 aliphatic rings. The van der Waals surface area contributed by atoms with Gasteiger partial charge >= 0.3 is 0 Å². The fourth-order valence-electron chi connectivity index (χ4n) is 2.85. The Bertz CT molecular complexity index is 442. The summed E-state index contributed by atoms with van der Waals surface area (Å²) in [6.45, 7) is 2.44. The number of Topliss-reactive ketones (excluding diaryl/α,β-unsaturated/α-hetero) is 1. The SMILES string of the molecule is C[C@@]12CO[C@@H](c3ccccc3)O[C@H]1CCCC2=O. The lowest BCUT2D eigenvalue weighted by Gasteiger charge is -2.45. The minimum Gasteiger partial charge on any atom is -0.347 e. The quantitative estimate of drug-likeness (QED) is 0.764. The molecule has 0 spiro atoms. The molecule has 0 radical (unpaired) electrons. The maximum atomic E-state index is 12.0. The molecule has 0 bridgehead atoms. The van der Waals surface area contributed by atoms with Gasteiger partial charge in [-0.05, 0) is 19.8 Å². The molecule has 3 heteroatoms. The highest BCUT2D eigenvalue weighted by atomic mass is 16.7. The molecule has 1 aromatic rings. The first-order chi connectivity index (χ1) is 8.70. The van der Waals surface area contributed by atoms with Crippen LogP contribution in [0.3, 0.4) is 0 Å². The molecule has 2 fully saturated rings. The molecule has 0 aromatic heterocycles. The molecule has 1 saturated carbocycles. The molecule has 1 heterocycles. The zero-order valence-corrected chi connectivity index (χ0v) is 10.6. The Morgan fingerprint density at radius 1 is 1.28 bits per heavy atom. The Labute approximate surface area is 107 Å². The van der Waals surface area contributed by atoms with Crippen molar-refractivity contribution < 1.29 is 14.3 Å². The van der Waals surface area contributed by atoms with Crippen LogP contribution in [-0.4, -0.2) is 18.5 Å². The average Bonchev–Trinajstić information content (AvgIpc) is 2.41. The lowest BCUT2D eigenvalue weighted by Crippen LogP contribution is -2.52. The van der Waals surface area contributed by atoms with E-state index in [0.29, 0.717) is 13.0 Å². The fraction of sp³-hybridized carbons (Fsp3) is 0.533. The summed E-state index contributed by atoms with van der Waals surface area (Å²) in [7, 11) is 0. The van der Waals surface area contributed by atoms with Gasteiger partial charge in [-0.25, -0.2) is 0 Å². The van der Waals surface area contributed by atoms with E-state index in [-0.39, 0.29) is 18.2 Å². The Kier molecular flexibility index (Phi) is 2.96. The number of fused-ring (bicyclic) bond motifs is 1. The number of hydrogen-bond donors (Lipinski definition) is 0. The first kappa shape index (κ1) is 11.9. The van der Waals surface area contributed by atoms with Crippen LogP contribution >= 0.6 is 0 Å². The van der Waals surface area contributed by atoms with Gasteiger partial charge in [0.15, 0.2) is 6.29 Å². The van der Waals surface area contributed by atoms with Crippen LogP contribution in [0.2, 0.25) is 0 Å². The summed E-state index contributed by atoms with van der Waals surface area (Å²) in [4.78, 5) is 12.0. The van der Waals surface area contributed by atoms with Crippen molar-refractivity contribution in [2.24, 2.45) is 5.41 Å². The molecule has 18 heavy (non-hydrogen) atoms. The second-order valence-electron chi connectivity index (χ2n) is 5.41. The van der Waals surface area contributed by atoms with Crippen LogP contribution in [0.1, 0.15) is 38.0 Å². The molecule has 3 rings (SSSR count). The molecule has 0 unspecified atom stereocenters. The lowest BCUT2D eigenvalue weighted by atomic mass is 9.72. The summed E-state index contributed by atoms with van der Waals surface area (Å²) >= 11 is 0. The molecule has 1 saturated heterocycles. The van der Waals surface area contributed by atoms with Crippen molar-refractivity contribution in [2.75, 3.05) is 6.61 Å². The molecule has 3 atom stereocenters. The summed E-state index contributed by atoms with van der Waals surface area (Å²) in [5.41, 5.74) is 0.585. The molecule has 0 N–H and O–H groups in total. The number of ketones is 1. The van der Waals surface area contributed by atoms with Crippen LogP contribution in [0, 0.1) is 5.41 Å². The van der Waals surface area contributed by atoms with E-state index in [0.717, 1.165) is 18.4 Å². The number of hydrogen-bond acceptors (Lipinski definition) is 3. The zero-order chi connectivity index (χ0) is 12.6. The number of rotatable bonds is 1. The van der Waals surface area contributed by atoms with E-state index < -0.39 is 5.41 Å². The van der Waals surface area contributed by atoms with E-state index >= 15 is 0 Å². The van der Waals surface area contributed by atoms with Crippen LogP contribution in [0.4, 0.5) is 0 Å². The van der Waals surface area contributed by atoms with Gasteiger partial charge in [0.05, 0.1) is 18.1 Å². The van der Waals surface area contributed by atoms with Gasteiger partial charge in [0.2, 0.25) is 0 Å². The van der Waals surface area contributed by atoms with Crippen molar-refractivity contribution in [1.82, 2.24) is 0 Å². The topological polar surface area (TPSA) is 35.5 Å². The third kappa shape index (κ3) is 1.88. The van der Waals surface area contributed by atoms with Gasteiger partial charge < -0.3 is 9.47 Å². The van der Waals surface area contributed by atoms with E-state index in [1.807, 2.05) is 37.3 Å². The van der Waals surface area contributed by atoms with Gasteiger partial charge in [-0.1, -0.05) is 30.3 Å². The monoisotopic (exact) mass is 246 g/mol. The summed E-state index contributed by atoms with van der Waals surface area (Å²) in [5.74, 6) is 0.283. The second kappa shape index (κ2) is 4.48. The fourth-order valence-corrected chi connectivity index (χ4v) is 2.85. The van der Waals surface area contributed by atoms with Crippen molar-refractivity contribution in [3.8, 4) is 0 Å². The lowest BCUT2D eigenvalue weighted by molar-refractivity contribution is -0.267. The van der Waals surface area contributed by atoms with Crippen LogP contribution in [-0.2, 0) is 14.3 Å². The van der Waals surface area contributed by atoms with Gasteiger partial charge in [0, 0.05) is 12.0 Å². The highest BCUT2D eigenvalue weighted by Gasteiger charge is 2.48. The number of carbonyl (C=O) groups is 1. The largest absolute Gasteiger partial charge is 0.347 e. The normalized spacial score (nSPS) is 36.2. The van der Waals surface area contributed by atoms with E-state index in [1.165, 1.54) is 0 Å². The van der Waals surface area contributed by atoms with Gasteiger partial charge in [-0.2, -0.15) is 0 Å². The maximum absolute atomic E-state index is 12.0. The molecule has 0 amide bonds. The molecule has 1 aromatic carbocycles. The summed E-state index contributed by atoms with van der Waals surface area (Å²) in [6, 6.07) is 9.92. The second-order valence-corrected chi connectivity index (χ2v) is 5.41. The Morgan fingerprint density at radius 2 is 2.06 bits per heavy atom. The van der Waals surface area contributed by atoms with Crippen molar-refractivity contribution in [2.45, 2.75) is 38.6 Å². The first-order valence-electron chi connectivity index (χ1n) is 6.55. The van der Waals surface area contributed by atoms with Crippen molar-refractivity contribution in [3.05, 3.63) is 35.9 Å². The number of ether oxygens (including phenoxy) is 2. The van der Waals surface area contributed by atoms with E-state index in [1.54, 1.807) is 0 Å². The molecule has 96 valence electrons. The molecular formula is C15H18O3. The predicted octanol–water partition coefficient (Wildman–Crippen LogP) is 2.86. The Morgan fingerprint density at radius 3 is 2.83 bits per heavy atom. The Balaban J connectivity index is 1.80. The van der Waals surface area contributed by atoms with Gasteiger partial charge in [0.1, 0.15) is 5.78 Å². The Hall–Kier alpha value is -1.19. The summed E-state index contributed by atoms with van der Waals surface area (Å²) in [6.07, 6.45) is 2.22. The molecular weight excluding hydrogens is 228 g/mol. The van der Waals surface area contributed by atoms with Crippen molar-refractivity contribution in [3.63, 3.8) is 0 Å². The summed E-state index contributed by atoms with van der Waals surface area (Å²) < 4.78 is 11.8. The van der Waals surface area contributed by atoms with E-state index in [9.17, 15) is 4.79 Å². The van der Waals surface area contributed by atoms with Crippen LogP contribution in [0.5, 0.6) is 0 Å². The maximum Gasteiger partial charge on any atom is 0.184 e. The zero-order valence-electron chi connectivity index (χ0n) is 10.6. The van der Waals surface area contributed by atoms with Gasteiger partial charge in [-0.15, -0.1) is 0 Å². The van der Waals surface area contributed by atoms with Crippen molar-refractivity contribution >= 4 is 5.78 Å². The number of carbonyl (C=O) groups excluding carboxylic acids is 1. The van der Waals surface area contributed by atoms with Gasteiger partial charge in [-0.3, -0.25) is 4.79 Å². The van der Waals surface area contributed by atoms with Crippen LogP contribution < -0.4 is 0 Å². The standard InChI is InChI=1S/C15H18O3/c1-15-10-17-14(11-6-3-2-4-7-11)18-13(15)9-5-8-12(15)16/h2-4,6-7,13-14H,5,8-10H2,1H3/t13-,14+,15-/m0/s1.